The maximum absolute atomic E-state index is 10.8. The second kappa shape index (κ2) is 4.57. The molecule has 0 amide bonds. The molecule has 1 heterocycles. The van der Waals surface area contributed by atoms with Gasteiger partial charge in [0.25, 0.3) is 0 Å². The van der Waals surface area contributed by atoms with Crippen LogP contribution in [0.15, 0.2) is 12.1 Å². The smallest absolute Gasteiger partial charge is 1.00 e. The van der Waals surface area contributed by atoms with Gasteiger partial charge >= 0.3 is 7.11 Å². The van der Waals surface area contributed by atoms with Gasteiger partial charge in [0.1, 0.15) is 0 Å². The normalized spacial score (nSPS) is 17.0. The van der Waals surface area contributed by atoms with Gasteiger partial charge in [0.2, 0.25) is 0 Å². The molecule has 0 radical (unpaired) electrons. The van der Waals surface area contributed by atoms with Gasteiger partial charge < -0.3 is 22.5 Å². The number of nitro benzene ring substituents is 1. The van der Waals surface area contributed by atoms with E-state index in [2.05, 4.69) is 5.32 Å². The summed E-state index contributed by atoms with van der Waals surface area (Å²) in [4.78, 5) is 10.3. The number of methoxy groups -OCH3 is 1. The molecule has 0 aromatic heterocycles. The fraction of sp³-hybridized carbons (Fsp3) is 0.400. The first kappa shape index (κ1) is 12.6. The number of nitro groups is 1. The van der Waals surface area contributed by atoms with Gasteiger partial charge in [0, 0.05) is 17.8 Å². The summed E-state index contributed by atoms with van der Waals surface area (Å²) in [5.41, 5.74) is 1.93. The van der Waals surface area contributed by atoms with E-state index in [-0.39, 0.29) is 19.5 Å². The molecule has 6 heteroatoms. The number of rotatable bonds is 2. The zero-order valence-corrected chi connectivity index (χ0v) is 9.75. The molecular weight excluding hydrogens is 232 g/mol. The highest BCUT2D eigenvalue weighted by molar-refractivity contribution is 5.66. The van der Waals surface area contributed by atoms with Crippen LogP contribution in [0.5, 0.6) is 5.75 Å². The molecule has 0 saturated carbocycles. The van der Waals surface area contributed by atoms with Crippen LogP contribution in [0.2, 0.25) is 0 Å². The summed E-state index contributed by atoms with van der Waals surface area (Å²) in [6.45, 7) is 2.04. The number of hydrogen-bond acceptors (Lipinski definition) is 4. The molecule has 1 aliphatic heterocycles. The van der Waals surface area contributed by atoms with Crippen molar-refractivity contribution in [3.8, 4) is 5.75 Å². The van der Waals surface area contributed by atoms with Gasteiger partial charge in [-0.3, -0.25) is 10.1 Å². The number of hydrogen-bond donors (Lipinski definition) is 1. The van der Waals surface area contributed by atoms with Gasteiger partial charge in [-0.05, 0) is 25.0 Å². The van der Waals surface area contributed by atoms with Gasteiger partial charge in [-0.1, -0.05) is 0 Å². The molecule has 16 heavy (non-hydrogen) atoms. The van der Waals surface area contributed by atoms with E-state index in [1.807, 2.05) is 6.92 Å². The third-order valence-corrected chi connectivity index (χ3v) is 2.53. The van der Waals surface area contributed by atoms with Crippen molar-refractivity contribution >= 4 is 11.4 Å². The van der Waals surface area contributed by atoms with E-state index in [9.17, 15) is 10.1 Å². The molecule has 1 N–H and O–H groups in total. The van der Waals surface area contributed by atoms with Gasteiger partial charge in [0.05, 0.1) is 12.0 Å². The molecule has 1 aliphatic rings. The Bertz CT molecular complexity index is 428. The first-order valence-corrected chi connectivity index (χ1v) is 4.73. The maximum Gasteiger partial charge on any atom is 1.00 e. The van der Waals surface area contributed by atoms with Gasteiger partial charge in [-0.25, -0.2) is 0 Å². The van der Waals surface area contributed by atoms with Crippen LogP contribution in [-0.2, 0) is 6.42 Å². The van der Waals surface area contributed by atoms with Crippen molar-refractivity contribution in [2.24, 2.45) is 0 Å². The van der Waals surface area contributed by atoms with E-state index in [0.29, 0.717) is 11.8 Å². The Kier molecular flexibility index (Phi) is 3.59. The summed E-state index contributed by atoms with van der Waals surface area (Å²) in [6, 6.07) is 3.61. The minimum Gasteiger partial charge on any atom is -1.00 e. The fourth-order valence-corrected chi connectivity index (χ4v) is 1.87. The molecule has 2 rings (SSSR count). The topological polar surface area (TPSA) is 64.4 Å². The van der Waals surface area contributed by atoms with Crippen LogP contribution in [0.1, 0.15) is 13.9 Å². The lowest BCUT2D eigenvalue weighted by molar-refractivity contribution is -0.385. The van der Waals surface area contributed by atoms with Crippen molar-refractivity contribution < 1.29 is 23.5 Å². The van der Waals surface area contributed by atoms with Crippen LogP contribution in [0.4, 0.5) is 11.4 Å². The van der Waals surface area contributed by atoms with Crippen LogP contribution in [-0.4, -0.2) is 18.1 Å². The van der Waals surface area contributed by atoms with E-state index in [1.54, 1.807) is 6.07 Å². The van der Waals surface area contributed by atoms with Gasteiger partial charge in [0.15, 0.2) is 5.75 Å². The molecule has 5 nitrogen and oxygen atoms in total. The number of benzene rings is 1. The maximum atomic E-state index is 10.8. The zero-order valence-electron chi connectivity index (χ0n) is 9.99. The van der Waals surface area contributed by atoms with Crippen LogP contribution >= 0.6 is 0 Å². The highest BCUT2D eigenvalue weighted by Crippen LogP contribution is 2.36. The van der Waals surface area contributed by atoms with Gasteiger partial charge in [-0.2, -0.15) is 0 Å². The van der Waals surface area contributed by atoms with Crippen LogP contribution in [0, 0.1) is 10.1 Å². The van der Waals surface area contributed by atoms with E-state index in [4.69, 9.17) is 4.74 Å². The Morgan fingerprint density at radius 1 is 1.62 bits per heavy atom. The highest BCUT2D eigenvalue weighted by Gasteiger charge is 2.24. The number of nitrogens with zero attached hydrogens (tertiary/aromatic N) is 1. The molecule has 1 aromatic carbocycles. The Morgan fingerprint density at radius 2 is 2.31 bits per heavy atom. The summed E-state index contributed by atoms with van der Waals surface area (Å²) >= 11 is 0. The quantitative estimate of drug-likeness (QED) is 0.540. The minimum atomic E-state index is -0.427. The summed E-state index contributed by atoms with van der Waals surface area (Å²) in [7, 11) is 1.44. The fourth-order valence-electron chi connectivity index (χ4n) is 1.87. The molecular formula is C10H13ClN2O3. The second-order valence-corrected chi connectivity index (χ2v) is 3.69. The van der Waals surface area contributed by atoms with Crippen molar-refractivity contribution in [1.29, 1.82) is 0 Å². The average Bonchev–Trinajstić information content (AvgIpc) is 2.54. The van der Waals surface area contributed by atoms with E-state index < -0.39 is 4.92 Å². The average molecular weight is 245 g/mol. The molecule has 88 valence electrons. The third-order valence-electron chi connectivity index (χ3n) is 2.53. The molecule has 1 atom stereocenters. The largest absolute Gasteiger partial charge is 1.00 e. The van der Waals surface area contributed by atoms with Crippen LogP contribution < -0.4 is 22.5 Å². The van der Waals surface area contributed by atoms with E-state index >= 15 is 0 Å². The lowest BCUT2D eigenvalue weighted by Gasteiger charge is -2.05. The van der Waals surface area contributed by atoms with Crippen LogP contribution in [0.25, 0.3) is 0 Å². The van der Waals surface area contributed by atoms with Crippen molar-refractivity contribution in [3.63, 3.8) is 0 Å². The molecule has 1 aromatic rings. The summed E-state index contributed by atoms with van der Waals surface area (Å²) in [5, 5.41) is 13.9. The standard InChI is InChI=1S/C10H12N2O3.ClH/c1-6-3-7-4-10(15-2)9(12(13)14)5-8(7)11-6;/h4-6,11H,3H2,1-2H3;1H/t6-;/m1./s1. The van der Waals surface area contributed by atoms with Crippen molar-refractivity contribution in [2.75, 3.05) is 12.4 Å². The van der Waals surface area contributed by atoms with Crippen LogP contribution in [0.3, 0.4) is 0 Å². The molecule has 0 saturated heterocycles. The van der Waals surface area contributed by atoms with E-state index in [0.717, 1.165) is 17.7 Å². The number of ether oxygens (including phenoxy) is 1. The number of halogens is 1. The summed E-state index contributed by atoms with van der Waals surface area (Å²) < 4.78 is 5.00. The molecule has 0 spiro atoms. The van der Waals surface area contributed by atoms with Gasteiger partial charge in [-0.15, -0.1) is 0 Å². The first-order chi connectivity index (χ1) is 7.11. The SMILES string of the molecule is COc1cc2c(cc1[N+](=O)[O-])N[C@H](C)C2.[Cl-].[H+]. The highest BCUT2D eigenvalue weighted by atomic mass is 35.5. The lowest BCUT2D eigenvalue weighted by atomic mass is 10.1. The second-order valence-electron chi connectivity index (χ2n) is 3.69. The van der Waals surface area contributed by atoms with Crippen molar-refractivity contribution in [3.05, 3.63) is 27.8 Å². The molecule has 0 bridgehead atoms. The predicted octanol–water partition coefficient (Wildman–Crippen LogP) is -0.924. The summed E-state index contributed by atoms with van der Waals surface area (Å²) in [5.74, 6) is 0.328. The monoisotopic (exact) mass is 244 g/mol. The number of anilines is 1. The summed E-state index contributed by atoms with van der Waals surface area (Å²) in [6.07, 6.45) is 0.879. The Labute approximate surface area is 101 Å². The zero-order chi connectivity index (χ0) is 11.0. The van der Waals surface area contributed by atoms with E-state index in [1.165, 1.54) is 13.2 Å². The lowest BCUT2D eigenvalue weighted by Crippen LogP contribution is -3.00. The Morgan fingerprint density at radius 3 is 2.88 bits per heavy atom. The first-order valence-electron chi connectivity index (χ1n) is 4.73. The predicted molar refractivity (Wildman–Crippen MR) is 57.5 cm³/mol. The number of fused-ring (bicyclic) bond motifs is 1. The Hall–Kier alpha value is -1.49. The minimum absolute atomic E-state index is 0. The number of nitrogens with one attached hydrogen (secondary N) is 1. The molecule has 0 aliphatic carbocycles. The van der Waals surface area contributed by atoms with Crippen molar-refractivity contribution in [1.82, 2.24) is 0 Å². The Balaban J connectivity index is 0.00000128. The van der Waals surface area contributed by atoms with Crippen molar-refractivity contribution in [2.45, 2.75) is 19.4 Å². The third kappa shape index (κ3) is 2.04. The molecule has 0 unspecified atom stereocenters. The molecule has 0 fully saturated rings.